The van der Waals surface area contributed by atoms with Crippen molar-refractivity contribution in [1.82, 2.24) is 0 Å². The summed E-state index contributed by atoms with van der Waals surface area (Å²) in [5.74, 6) is -0.120. The maximum atomic E-state index is 13.1. The molecule has 0 aromatic heterocycles. The van der Waals surface area contributed by atoms with Crippen LogP contribution in [0.3, 0.4) is 0 Å². The molecule has 25 heavy (non-hydrogen) atoms. The van der Waals surface area contributed by atoms with Crippen molar-refractivity contribution < 1.29 is 22.7 Å². The van der Waals surface area contributed by atoms with Gasteiger partial charge in [-0.05, 0) is 42.8 Å². The fourth-order valence-corrected chi connectivity index (χ4v) is 4.37. The molecule has 1 aliphatic rings. The van der Waals surface area contributed by atoms with Gasteiger partial charge in [-0.3, -0.25) is 4.79 Å². The molecule has 0 bridgehead atoms. The average Bonchev–Trinajstić information content (AvgIpc) is 3.00. The Kier molecular flexibility index (Phi) is 4.26. The molecule has 0 radical (unpaired) electrons. The normalized spacial score (nSPS) is 13.3. The van der Waals surface area contributed by atoms with E-state index in [4.69, 9.17) is 26.8 Å². The number of ether oxygens (including phenoxy) is 2. The molecule has 3 rings (SSSR count). The lowest BCUT2D eigenvalue weighted by atomic mass is 10.1. The number of sulfonamides is 1. The quantitative estimate of drug-likeness (QED) is 0.874. The number of amides is 1. The molecular weight excluding hydrogens is 368 g/mol. The number of anilines is 1. The van der Waals surface area contributed by atoms with Crippen molar-refractivity contribution in [2.75, 3.05) is 18.1 Å². The van der Waals surface area contributed by atoms with Crippen LogP contribution in [0.1, 0.15) is 15.9 Å². The summed E-state index contributed by atoms with van der Waals surface area (Å²) in [6.45, 7) is 1.48. The highest BCUT2D eigenvalue weighted by atomic mass is 35.5. The summed E-state index contributed by atoms with van der Waals surface area (Å²) in [6.07, 6.45) is 0. The zero-order chi connectivity index (χ0) is 18.4. The molecule has 0 spiro atoms. The van der Waals surface area contributed by atoms with E-state index in [1.165, 1.54) is 31.4 Å². The summed E-state index contributed by atoms with van der Waals surface area (Å²) in [5, 5.41) is 0.252. The fraction of sp³-hybridized carbons (Fsp3) is 0.188. The molecule has 1 aliphatic heterocycles. The van der Waals surface area contributed by atoms with Crippen molar-refractivity contribution in [1.29, 1.82) is 0 Å². The van der Waals surface area contributed by atoms with E-state index in [1.807, 2.05) is 0 Å². The standard InChI is InChI=1S/C16H15ClN2O5S/c1-9-5-10(16(18)20)6-12-15(9)24-8-19(12)25(21,22)14-7-11(17)3-4-13(14)23-2/h3-7H,8H2,1-2H3,(H2,18,20). The van der Waals surface area contributed by atoms with E-state index in [0.717, 1.165) is 4.31 Å². The average molecular weight is 383 g/mol. The smallest absolute Gasteiger partial charge is 0.270 e. The van der Waals surface area contributed by atoms with Crippen LogP contribution in [0.15, 0.2) is 35.2 Å². The fourth-order valence-electron chi connectivity index (χ4n) is 2.63. The molecule has 2 aromatic rings. The highest BCUT2D eigenvalue weighted by molar-refractivity contribution is 7.93. The van der Waals surface area contributed by atoms with Crippen LogP contribution in [0.5, 0.6) is 11.5 Å². The van der Waals surface area contributed by atoms with Gasteiger partial charge < -0.3 is 15.2 Å². The SMILES string of the molecule is COc1ccc(Cl)cc1S(=O)(=O)N1COc2c(C)cc(C(N)=O)cc21. The van der Waals surface area contributed by atoms with Crippen LogP contribution in [-0.4, -0.2) is 28.2 Å². The van der Waals surface area contributed by atoms with Crippen molar-refractivity contribution >= 4 is 33.2 Å². The minimum absolute atomic E-state index is 0.0962. The second-order valence-electron chi connectivity index (χ2n) is 5.43. The molecule has 7 nitrogen and oxygen atoms in total. The van der Waals surface area contributed by atoms with Crippen molar-refractivity contribution in [3.05, 3.63) is 46.5 Å². The first kappa shape index (κ1) is 17.4. The van der Waals surface area contributed by atoms with Crippen LogP contribution in [0.2, 0.25) is 5.02 Å². The molecule has 0 fully saturated rings. The van der Waals surface area contributed by atoms with E-state index in [1.54, 1.807) is 13.0 Å². The first-order valence-corrected chi connectivity index (χ1v) is 9.01. The molecule has 0 unspecified atom stereocenters. The van der Waals surface area contributed by atoms with Crippen molar-refractivity contribution in [3.8, 4) is 11.5 Å². The second kappa shape index (κ2) is 6.12. The number of nitrogens with two attached hydrogens (primary N) is 1. The highest BCUT2D eigenvalue weighted by Gasteiger charge is 2.36. The van der Waals surface area contributed by atoms with Crippen LogP contribution in [0, 0.1) is 6.92 Å². The molecule has 9 heteroatoms. The summed E-state index contributed by atoms with van der Waals surface area (Å²) < 4.78 is 37.9. The first-order chi connectivity index (χ1) is 11.8. The van der Waals surface area contributed by atoms with Gasteiger partial charge in [0.25, 0.3) is 10.0 Å². The summed E-state index contributed by atoms with van der Waals surface area (Å²) in [5.41, 5.74) is 6.38. The Bertz CT molecular complexity index is 975. The number of benzene rings is 2. The number of carbonyl (C=O) groups is 1. The molecule has 0 saturated carbocycles. The molecule has 2 N–H and O–H groups in total. The highest BCUT2D eigenvalue weighted by Crippen LogP contribution is 2.42. The maximum absolute atomic E-state index is 13.1. The summed E-state index contributed by atoms with van der Waals surface area (Å²) in [6, 6.07) is 7.25. The number of aryl methyl sites for hydroxylation is 1. The Morgan fingerprint density at radius 2 is 2.04 bits per heavy atom. The molecule has 132 valence electrons. The van der Waals surface area contributed by atoms with Crippen LogP contribution in [0.4, 0.5) is 5.69 Å². The van der Waals surface area contributed by atoms with Gasteiger partial charge in [0.1, 0.15) is 16.4 Å². The van der Waals surface area contributed by atoms with Crippen molar-refractivity contribution in [3.63, 3.8) is 0 Å². The summed E-state index contributed by atoms with van der Waals surface area (Å²) >= 11 is 5.95. The van der Waals surface area contributed by atoms with Gasteiger partial charge in [-0.1, -0.05) is 11.6 Å². The lowest BCUT2D eigenvalue weighted by Crippen LogP contribution is -2.30. The molecular formula is C16H15ClN2O5S. The number of methoxy groups -OCH3 is 1. The van der Waals surface area contributed by atoms with E-state index < -0.39 is 15.9 Å². The Balaban J connectivity index is 2.17. The van der Waals surface area contributed by atoms with Gasteiger partial charge >= 0.3 is 0 Å². The van der Waals surface area contributed by atoms with Crippen LogP contribution >= 0.6 is 11.6 Å². The van der Waals surface area contributed by atoms with E-state index in [2.05, 4.69) is 0 Å². The zero-order valence-electron chi connectivity index (χ0n) is 13.4. The van der Waals surface area contributed by atoms with Crippen LogP contribution < -0.4 is 19.5 Å². The van der Waals surface area contributed by atoms with Crippen LogP contribution in [-0.2, 0) is 10.0 Å². The molecule has 0 aliphatic carbocycles. The third-order valence-corrected chi connectivity index (χ3v) is 5.82. The van der Waals surface area contributed by atoms with Gasteiger partial charge in [-0.25, -0.2) is 12.7 Å². The Morgan fingerprint density at radius 1 is 1.32 bits per heavy atom. The topological polar surface area (TPSA) is 98.9 Å². The van der Waals surface area contributed by atoms with Crippen molar-refractivity contribution in [2.45, 2.75) is 11.8 Å². The minimum Gasteiger partial charge on any atom is -0.495 e. The van der Waals surface area contributed by atoms with E-state index in [-0.39, 0.29) is 33.6 Å². The van der Waals surface area contributed by atoms with Gasteiger partial charge in [-0.2, -0.15) is 0 Å². The molecule has 0 atom stereocenters. The summed E-state index contributed by atoms with van der Waals surface area (Å²) in [7, 11) is -2.66. The first-order valence-electron chi connectivity index (χ1n) is 7.19. The van der Waals surface area contributed by atoms with Gasteiger partial charge in [0.15, 0.2) is 6.73 Å². The maximum Gasteiger partial charge on any atom is 0.270 e. The molecule has 0 saturated heterocycles. The molecule has 1 heterocycles. The second-order valence-corrected chi connectivity index (χ2v) is 7.69. The number of hydrogen-bond acceptors (Lipinski definition) is 5. The van der Waals surface area contributed by atoms with Gasteiger partial charge in [0.2, 0.25) is 5.91 Å². The minimum atomic E-state index is -4.03. The Hall–Kier alpha value is -2.45. The molecule has 1 amide bonds. The number of primary amides is 1. The van der Waals surface area contributed by atoms with E-state index in [9.17, 15) is 13.2 Å². The zero-order valence-corrected chi connectivity index (χ0v) is 15.0. The number of halogens is 1. The summed E-state index contributed by atoms with van der Waals surface area (Å²) in [4.78, 5) is 11.4. The lowest BCUT2D eigenvalue weighted by molar-refractivity contribution is 0.1000. The van der Waals surface area contributed by atoms with E-state index >= 15 is 0 Å². The Labute approximate surface area is 149 Å². The van der Waals surface area contributed by atoms with E-state index in [0.29, 0.717) is 11.3 Å². The monoisotopic (exact) mass is 382 g/mol. The van der Waals surface area contributed by atoms with Crippen molar-refractivity contribution in [2.24, 2.45) is 5.73 Å². The molecule has 2 aromatic carbocycles. The van der Waals surface area contributed by atoms with Crippen LogP contribution in [0.25, 0.3) is 0 Å². The van der Waals surface area contributed by atoms with Gasteiger partial charge in [0, 0.05) is 10.6 Å². The number of hydrogen-bond donors (Lipinski definition) is 1. The number of fused-ring (bicyclic) bond motifs is 1. The Morgan fingerprint density at radius 3 is 2.68 bits per heavy atom. The van der Waals surface area contributed by atoms with Gasteiger partial charge in [-0.15, -0.1) is 0 Å². The largest absolute Gasteiger partial charge is 0.495 e. The lowest BCUT2D eigenvalue weighted by Gasteiger charge is -2.19. The third kappa shape index (κ3) is 2.87. The third-order valence-electron chi connectivity index (χ3n) is 3.83. The predicted molar refractivity (Wildman–Crippen MR) is 92.9 cm³/mol. The number of nitrogens with zero attached hydrogens (tertiary/aromatic N) is 1. The van der Waals surface area contributed by atoms with Gasteiger partial charge in [0.05, 0.1) is 12.8 Å². The predicted octanol–water partition coefficient (Wildman–Crippen LogP) is 2.30. The number of rotatable bonds is 4. The number of carbonyl (C=O) groups excluding carboxylic acids is 1.